The van der Waals surface area contributed by atoms with Gasteiger partial charge in [-0.25, -0.2) is 4.98 Å². The second-order valence-electron chi connectivity index (χ2n) is 5.89. The molecule has 1 aliphatic rings. The molecule has 1 saturated carbocycles. The number of pyridine rings is 1. The van der Waals surface area contributed by atoms with Crippen molar-refractivity contribution in [2.45, 2.75) is 31.7 Å². The quantitative estimate of drug-likeness (QED) is 0.872. The number of rotatable bonds is 2. The van der Waals surface area contributed by atoms with Crippen LogP contribution in [0.2, 0.25) is 0 Å². The molecule has 2 aromatic heterocycles. The van der Waals surface area contributed by atoms with E-state index < -0.39 is 0 Å². The highest BCUT2D eigenvalue weighted by Crippen LogP contribution is 2.33. The van der Waals surface area contributed by atoms with E-state index in [1.165, 1.54) is 25.7 Å². The number of aromatic nitrogens is 1. The molecule has 0 aliphatic heterocycles. The van der Waals surface area contributed by atoms with E-state index >= 15 is 0 Å². The molecular weight excluding hydrogens is 344 g/mol. The summed E-state index contributed by atoms with van der Waals surface area (Å²) in [5.41, 5.74) is 0.635. The van der Waals surface area contributed by atoms with E-state index in [2.05, 4.69) is 26.2 Å². The van der Waals surface area contributed by atoms with Crippen molar-refractivity contribution in [3.63, 3.8) is 0 Å². The van der Waals surface area contributed by atoms with Gasteiger partial charge in [-0.1, -0.05) is 12.8 Å². The standard InChI is InChI=1S/C13H12BrN3O.C3H9N/c14-12-10-5-9(6-15)18-11(10)7-16-13(12)17-8-3-1-2-4-8;1-4(2)3/h5,7-8H,1-4H2,(H,16,17);1-3H3. The summed E-state index contributed by atoms with van der Waals surface area (Å²) < 4.78 is 6.21. The monoisotopic (exact) mass is 364 g/mol. The molecule has 5 nitrogen and oxygen atoms in total. The maximum atomic E-state index is 8.83. The molecule has 2 aromatic rings. The van der Waals surface area contributed by atoms with Crippen molar-refractivity contribution < 1.29 is 4.42 Å². The minimum absolute atomic E-state index is 0.311. The number of hydrogen-bond acceptors (Lipinski definition) is 5. The van der Waals surface area contributed by atoms with E-state index in [1.54, 1.807) is 12.3 Å². The summed E-state index contributed by atoms with van der Waals surface area (Å²) >= 11 is 3.54. The third kappa shape index (κ3) is 4.21. The van der Waals surface area contributed by atoms with Crippen LogP contribution < -0.4 is 5.32 Å². The number of anilines is 1. The van der Waals surface area contributed by atoms with E-state index in [-0.39, 0.29) is 0 Å². The molecule has 2 heterocycles. The van der Waals surface area contributed by atoms with E-state index in [0.29, 0.717) is 17.4 Å². The molecule has 22 heavy (non-hydrogen) atoms. The van der Waals surface area contributed by atoms with E-state index in [0.717, 1.165) is 15.7 Å². The molecular formula is C16H21BrN4O. The highest BCUT2D eigenvalue weighted by molar-refractivity contribution is 9.10. The number of nitrogens with zero attached hydrogens (tertiary/aromatic N) is 3. The van der Waals surface area contributed by atoms with Crippen LogP contribution in [-0.2, 0) is 0 Å². The first-order valence-electron chi connectivity index (χ1n) is 7.37. The van der Waals surface area contributed by atoms with Gasteiger partial charge >= 0.3 is 0 Å². The van der Waals surface area contributed by atoms with E-state index in [4.69, 9.17) is 9.68 Å². The van der Waals surface area contributed by atoms with Gasteiger partial charge in [0.25, 0.3) is 0 Å². The van der Waals surface area contributed by atoms with Crippen LogP contribution in [0, 0.1) is 11.3 Å². The second-order valence-corrected chi connectivity index (χ2v) is 6.68. The zero-order valence-corrected chi connectivity index (χ0v) is 14.8. The van der Waals surface area contributed by atoms with Crippen LogP contribution in [0.4, 0.5) is 5.82 Å². The number of fused-ring (bicyclic) bond motifs is 1. The predicted molar refractivity (Wildman–Crippen MR) is 91.9 cm³/mol. The van der Waals surface area contributed by atoms with Crippen LogP contribution >= 0.6 is 15.9 Å². The Labute approximate surface area is 139 Å². The Bertz CT molecular complexity index is 666. The third-order valence-corrected chi connectivity index (χ3v) is 4.13. The van der Waals surface area contributed by atoms with Gasteiger partial charge < -0.3 is 14.6 Å². The van der Waals surface area contributed by atoms with Crippen molar-refractivity contribution in [2.75, 3.05) is 26.5 Å². The lowest BCUT2D eigenvalue weighted by atomic mass is 10.2. The first-order valence-corrected chi connectivity index (χ1v) is 8.16. The van der Waals surface area contributed by atoms with E-state index in [1.807, 2.05) is 32.1 Å². The van der Waals surface area contributed by atoms with Gasteiger partial charge in [-0.05, 0) is 49.9 Å². The van der Waals surface area contributed by atoms with Gasteiger partial charge in [0.2, 0.25) is 5.76 Å². The molecule has 0 saturated heterocycles. The molecule has 0 amide bonds. The van der Waals surface area contributed by atoms with Crippen LogP contribution in [0.1, 0.15) is 31.4 Å². The Morgan fingerprint density at radius 2 is 2.00 bits per heavy atom. The van der Waals surface area contributed by atoms with Crippen molar-refractivity contribution in [1.29, 1.82) is 5.26 Å². The minimum atomic E-state index is 0.311. The summed E-state index contributed by atoms with van der Waals surface area (Å²) in [5.74, 6) is 1.14. The van der Waals surface area contributed by atoms with Crippen LogP contribution in [0.15, 0.2) is 21.2 Å². The van der Waals surface area contributed by atoms with Crippen LogP contribution in [0.5, 0.6) is 0 Å². The van der Waals surface area contributed by atoms with E-state index in [9.17, 15) is 0 Å². The van der Waals surface area contributed by atoms with Gasteiger partial charge in [0.1, 0.15) is 11.9 Å². The van der Waals surface area contributed by atoms with Gasteiger partial charge in [-0.3, -0.25) is 0 Å². The molecule has 0 bridgehead atoms. The topological polar surface area (TPSA) is 65.1 Å². The van der Waals surface area contributed by atoms with Crippen molar-refractivity contribution in [3.8, 4) is 6.07 Å². The molecule has 3 rings (SSSR count). The SMILES string of the molecule is CN(C)C.N#Cc1cc2c(Br)c(NC3CCCC3)ncc2o1. The average molecular weight is 365 g/mol. The van der Waals surface area contributed by atoms with Crippen molar-refractivity contribution in [3.05, 3.63) is 22.5 Å². The summed E-state index contributed by atoms with van der Waals surface area (Å²) in [6.45, 7) is 0. The largest absolute Gasteiger partial charge is 0.444 e. The molecule has 118 valence electrons. The number of nitrogens with one attached hydrogen (secondary N) is 1. The smallest absolute Gasteiger partial charge is 0.204 e. The molecule has 0 aromatic carbocycles. The summed E-state index contributed by atoms with van der Waals surface area (Å²) in [4.78, 5) is 6.36. The Morgan fingerprint density at radius 3 is 2.59 bits per heavy atom. The Morgan fingerprint density at radius 1 is 1.36 bits per heavy atom. The highest BCUT2D eigenvalue weighted by atomic mass is 79.9. The second kappa shape index (κ2) is 7.61. The average Bonchev–Trinajstić information content (AvgIpc) is 3.10. The molecule has 0 unspecified atom stereocenters. The lowest BCUT2D eigenvalue weighted by Gasteiger charge is -2.13. The Hall–Kier alpha value is -1.58. The first-order chi connectivity index (χ1) is 10.5. The van der Waals surface area contributed by atoms with Gasteiger partial charge in [0.15, 0.2) is 5.58 Å². The predicted octanol–water partition coefficient (Wildman–Crippen LogP) is 3.99. The maximum absolute atomic E-state index is 8.83. The van der Waals surface area contributed by atoms with Crippen LogP contribution in [0.3, 0.4) is 0 Å². The van der Waals surface area contributed by atoms with Crippen LogP contribution in [-0.4, -0.2) is 37.1 Å². The number of halogens is 1. The van der Waals surface area contributed by atoms with Crippen molar-refractivity contribution in [2.24, 2.45) is 0 Å². The molecule has 0 radical (unpaired) electrons. The van der Waals surface area contributed by atoms with Gasteiger partial charge in [0, 0.05) is 17.5 Å². The fourth-order valence-corrected chi connectivity index (χ4v) is 2.93. The summed E-state index contributed by atoms with van der Waals surface area (Å²) in [6.07, 6.45) is 6.61. The third-order valence-electron chi connectivity index (χ3n) is 3.32. The molecule has 0 atom stereocenters. The van der Waals surface area contributed by atoms with Crippen LogP contribution in [0.25, 0.3) is 11.0 Å². The van der Waals surface area contributed by atoms with Gasteiger partial charge in [-0.2, -0.15) is 5.26 Å². The normalized spacial score (nSPS) is 14.7. The van der Waals surface area contributed by atoms with Gasteiger partial charge in [-0.15, -0.1) is 0 Å². The number of furan rings is 1. The molecule has 6 heteroatoms. The fraction of sp³-hybridized carbons (Fsp3) is 0.500. The minimum Gasteiger partial charge on any atom is -0.444 e. The first kappa shape index (κ1) is 16.8. The van der Waals surface area contributed by atoms with Crippen molar-refractivity contribution in [1.82, 2.24) is 9.88 Å². The molecule has 1 aliphatic carbocycles. The maximum Gasteiger partial charge on any atom is 0.204 e. The molecule has 1 fully saturated rings. The lowest BCUT2D eigenvalue weighted by molar-refractivity contribution is 0.505. The zero-order chi connectivity index (χ0) is 16.1. The van der Waals surface area contributed by atoms with Gasteiger partial charge in [0.05, 0.1) is 10.7 Å². The number of nitriles is 1. The van der Waals surface area contributed by atoms with Crippen molar-refractivity contribution >= 4 is 32.7 Å². The summed E-state index contributed by atoms with van der Waals surface area (Å²) in [5, 5.41) is 13.2. The summed E-state index contributed by atoms with van der Waals surface area (Å²) in [6, 6.07) is 4.25. The summed E-state index contributed by atoms with van der Waals surface area (Å²) in [7, 11) is 6.00. The highest BCUT2D eigenvalue weighted by Gasteiger charge is 2.18. The lowest BCUT2D eigenvalue weighted by Crippen LogP contribution is -2.15. The Kier molecular flexibility index (Phi) is 5.81. The number of hydrogen-bond donors (Lipinski definition) is 1. The molecule has 1 N–H and O–H groups in total. The molecule has 0 spiro atoms. The zero-order valence-electron chi connectivity index (χ0n) is 13.2. The fourth-order valence-electron chi connectivity index (χ4n) is 2.40. The Balaban J connectivity index is 0.000000396.